The third-order valence-electron chi connectivity index (χ3n) is 4.23. The first-order chi connectivity index (χ1) is 9.76. The topological polar surface area (TPSA) is 48.8 Å². The van der Waals surface area contributed by atoms with E-state index in [2.05, 4.69) is 14.8 Å². The van der Waals surface area contributed by atoms with Gasteiger partial charge in [-0.1, -0.05) is 0 Å². The highest BCUT2D eigenvalue weighted by Gasteiger charge is 2.29. The van der Waals surface area contributed by atoms with Crippen LogP contribution in [0.2, 0.25) is 0 Å². The Kier molecular flexibility index (Phi) is 4.19. The Morgan fingerprint density at radius 1 is 1.30 bits per heavy atom. The maximum Gasteiger partial charge on any atom is 0.129 e. The minimum atomic E-state index is 0.0804. The van der Waals surface area contributed by atoms with Gasteiger partial charge in [0, 0.05) is 37.9 Å². The van der Waals surface area contributed by atoms with Gasteiger partial charge in [0.15, 0.2) is 0 Å². The van der Waals surface area contributed by atoms with Gasteiger partial charge in [0.05, 0.1) is 19.8 Å². The number of rotatable bonds is 3. The quantitative estimate of drug-likeness (QED) is 0.885. The second kappa shape index (κ2) is 6.08. The molecule has 1 aromatic rings. The maximum absolute atomic E-state index is 9.32. The number of morpholine rings is 1. The predicted octanol–water partition coefficient (Wildman–Crippen LogP) is 0.793. The van der Waals surface area contributed by atoms with Crippen LogP contribution in [0.3, 0.4) is 0 Å². The van der Waals surface area contributed by atoms with Gasteiger partial charge in [-0.05, 0) is 31.0 Å². The highest BCUT2D eigenvalue weighted by molar-refractivity contribution is 5.44. The molecule has 0 bridgehead atoms. The average Bonchev–Trinajstić information content (AvgIpc) is 2.97. The van der Waals surface area contributed by atoms with Gasteiger partial charge in [0.1, 0.15) is 5.82 Å². The molecule has 2 saturated heterocycles. The minimum Gasteiger partial charge on any atom is -0.392 e. The van der Waals surface area contributed by atoms with Crippen molar-refractivity contribution in [2.75, 3.05) is 44.3 Å². The van der Waals surface area contributed by atoms with Crippen molar-refractivity contribution in [3.05, 3.63) is 23.4 Å². The van der Waals surface area contributed by atoms with E-state index in [1.807, 2.05) is 19.1 Å². The van der Waals surface area contributed by atoms with Crippen LogP contribution < -0.4 is 4.90 Å². The molecule has 5 nitrogen and oxygen atoms in total. The monoisotopic (exact) mass is 277 g/mol. The summed E-state index contributed by atoms with van der Waals surface area (Å²) >= 11 is 0. The maximum atomic E-state index is 9.32. The number of nitrogens with zero attached hydrogens (tertiary/aromatic N) is 3. The van der Waals surface area contributed by atoms with Crippen molar-refractivity contribution in [3.63, 3.8) is 0 Å². The number of hydrogen-bond acceptors (Lipinski definition) is 5. The number of hydrogen-bond donors (Lipinski definition) is 1. The molecule has 1 aromatic heterocycles. The van der Waals surface area contributed by atoms with Crippen LogP contribution in [0.5, 0.6) is 0 Å². The number of aliphatic hydroxyl groups is 1. The molecule has 0 amide bonds. The van der Waals surface area contributed by atoms with E-state index >= 15 is 0 Å². The number of aryl methyl sites for hydroxylation is 1. The number of anilines is 1. The summed E-state index contributed by atoms with van der Waals surface area (Å²) in [6.07, 6.45) is 1.18. The van der Waals surface area contributed by atoms with E-state index in [1.165, 1.54) is 6.42 Å². The second-order valence-electron chi connectivity index (χ2n) is 5.67. The Morgan fingerprint density at radius 2 is 2.10 bits per heavy atom. The van der Waals surface area contributed by atoms with Crippen molar-refractivity contribution in [2.24, 2.45) is 0 Å². The van der Waals surface area contributed by atoms with Crippen LogP contribution in [-0.2, 0) is 11.3 Å². The zero-order chi connectivity index (χ0) is 13.9. The molecule has 5 heteroatoms. The summed E-state index contributed by atoms with van der Waals surface area (Å²) in [4.78, 5) is 9.49. The summed E-state index contributed by atoms with van der Waals surface area (Å²) < 4.78 is 5.42. The zero-order valence-electron chi connectivity index (χ0n) is 12.1. The van der Waals surface area contributed by atoms with E-state index in [-0.39, 0.29) is 6.61 Å². The largest absolute Gasteiger partial charge is 0.392 e. The highest BCUT2D eigenvalue weighted by atomic mass is 16.5. The van der Waals surface area contributed by atoms with Crippen LogP contribution in [0.15, 0.2) is 12.1 Å². The average molecular weight is 277 g/mol. The van der Waals surface area contributed by atoms with Crippen molar-refractivity contribution >= 4 is 5.82 Å². The van der Waals surface area contributed by atoms with Crippen LogP contribution in [0.1, 0.15) is 17.7 Å². The van der Waals surface area contributed by atoms with Gasteiger partial charge in [0.2, 0.25) is 0 Å². The van der Waals surface area contributed by atoms with Gasteiger partial charge in [-0.25, -0.2) is 4.98 Å². The fourth-order valence-electron chi connectivity index (χ4n) is 3.16. The molecule has 2 aliphatic heterocycles. The first-order valence-electron chi connectivity index (χ1n) is 7.41. The first-order valence-corrected chi connectivity index (χ1v) is 7.41. The van der Waals surface area contributed by atoms with Crippen LogP contribution >= 0.6 is 0 Å². The summed E-state index contributed by atoms with van der Waals surface area (Å²) in [5.41, 5.74) is 1.92. The Labute approximate surface area is 120 Å². The van der Waals surface area contributed by atoms with Crippen LogP contribution in [0.25, 0.3) is 0 Å². The molecule has 1 atom stereocenters. The second-order valence-corrected chi connectivity index (χ2v) is 5.67. The van der Waals surface area contributed by atoms with E-state index in [0.717, 1.165) is 56.5 Å². The third-order valence-corrected chi connectivity index (χ3v) is 4.23. The number of ether oxygens (including phenoxy) is 1. The van der Waals surface area contributed by atoms with Gasteiger partial charge in [0.25, 0.3) is 0 Å². The van der Waals surface area contributed by atoms with E-state index in [0.29, 0.717) is 6.04 Å². The molecule has 2 aliphatic rings. The summed E-state index contributed by atoms with van der Waals surface area (Å²) in [5.74, 6) is 1.00. The predicted molar refractivity (Wildman–Crippen MR) is 77.9 cm³/mol. The molecule has 0 spiro atoms. The molecule has 0 saturated carbocycles. The third kappa shape index (κ3) is 2.95. The SMILES string of the molecule is Cc1cc(CO)cc(N2CCC(N3CCOCC3)C2)n1. The molecular formula is C15H23N3O2. The Morgan fingerprint density at radius 3 is 2.85 bits per heavy atom. The smallest absolute Gasteiger partial charge is 0.129 e. The molecular weight excluding hydrogens is 254 g/mol. The van der Waals surface area contributed by atoms with E-state index in [9.17, 15) is 5.11 Å². The summed E-state index contributed by atoms with van der Waals surface area (Å²) in [6.45, 7) is 7.94. The van der Waals surface area contributed by atoms with Crippen LogP contribution in [-0.4, -0.2) is 60.4 Å². The molecule has 1 N–H and O–H groups in total. The molecule has 2 fully saturated rings. The fraction of sp³-hybridized carbons (Fsp3) is 0.667. The van der Waals surface area contributed by atoms with Crippen molar-refractivity contribution < 1.29 is 9.84 Å². The number of pyridine rings is 1. The van der Waals surface area contributed by atoms with Gasteiger partial charge < -0.3 is 14.7 Å². The van der Waals surface area contributed by atoms with Crippen molar-refractivity contribution in [1.29, 1.82) is 0 Å². The van der Waals surface area contributed by atoms with Crippen molar-refractivity contribution in [1.82, 2.24) is 9.88 Å². The Balaban J connectivity index is 1.68. The molecule has 110 valence electrons. The van der Waals surface area contributed by atoms with Gasteiger partial charge >= 0.3 is 0 Å². The molecule has 3 heterocycles. The number of aliphatic hydroxyl groups excluding tert-OH is 1. The van der Waals surface area contributed by atoms with Crippen LogP contribution in [0, 0.1) is 6.92 Å². The zero-order valence-corrected chi connectivity index (χ0v) is 12.1. The Bertz CT molecular complexity index is 460. The lowest BCUT2D eigenvalue weighted by atomic mass is 10.2. The Hall–Kier alpha value is -1.17. The van der Waals surface area contributed by atoms with E-state index in [1.54, 1.807) is 0 Å². The molecule has 0 aromatic carbocycles. The fourth-order valence-corrected chi connectivity index (χ4v) is 3.16. The van der Waals surface area contributed by atoms with E-state index in [4.69, 9.17) is 4.74 Å². The lowest BCUT2D eigenvalue weighted by Gasteiger charge is -2.32. The molecule has 1 unspecified atom stereocenters. The normalized spacial score (nSPS) is 24.3. The standard InChI is InChI=1S/C15H23N3O2/c1-12-8-13(11-19)9-15(16-12)18-3-2-14(10-18)17-4-6-20-7-5-17/h8-9,14,19H,2-7,10-11H2,1H3. The van der Waals surface area contributed by atoms with E-state index < -0.39 is 0 Å². The minimum absolute atomic E-state index is 0.0804. The van der Waals surface area contributed by atoms with Crippen LogP contribution in [0.4, 0.5) is 5.82 Å². The summed E-state index contributed by atoms with van der Waals surface area (Å²) in [7, 11) is 0. The van der Waals surface area contributed by atoms with Gasteiger partial charge in [-0.15, -0.1) is 0 Å². The highest BCUT2D eigenvalue weighted by Crippen LogP contribution is 2.23. The molecule has 20 heavy (non-hydrogen) atoms. The number of aromatic nitrogens is 1. The summed E-state index contributed by atoms with van der Waals surface area (Å²) in [6, 6.07) is 4.56. The molecule has 3 rings (SSSR count). The van der Waals surface area contributed by atoms with Crippen molar-refractivity contribution in [2.45, 2.75) is 26.0 Å². The first kappa shape index (κ1) is 13.8. The molecule has 0 radical (unpaired) electrons. The lowest BCUT2D eigenvalue weighted by Crippen LogP contribution is -2.44. The summed E-state index contributed by atoms with van der Waals surface area (Å²) in [5, 5.41) is 9.32. The van der Waals surface area contributed by atoms with Crippen molar-refractivity contribution in [3.8, 4) is 0 Å². The molecule has 0 aliphatic carbocycles. The van der Waals surface area contributed by atoms with Gasteiger partial charge in [-0.2, -0.15) is 0 Å². The lowest BCUT2D eigenvalue weighted by molar-refractivity contribution is 0.0209. The van der Waals surface area contributed by atoms with Gasteiger partial charge in [-0.3, -0.25) is 4.90 Å².